The molecule has 0 spiro atoms. The number of hydrogen-bond donors (Lipinski definition) is 1. The Morgan fingerprint density at radius 1 is 1.06 bits per heavy atom. The summed E-state index contributed by atoms with van der Waals surface area (Å²) in [6, 6.07) is 11.1. The second kappa shape index (κ2) is 9.55. The maximum absolute atomic E-state index is 12.6. The second-order valence-electron chi connectivity index (χ2n) is 8.81. The van der Waals surface area contributed by atoms with Crippen molar-refractivity contribution >= 4 is 17.6 Å². The molecular weight excluding hydrogens is 404 g/mol. The lowest BCUT2D eigenvalue weighted by Crippen LogP contribution is -2.35. The van der Waals surface area contributed by atoms with Crippen LogP contribution >= 0.6 is 0 Å². The predicted octanol–water partition coefficient (Wildman–Crippen LogP) is 4.01. The standard InChI is InChI=1S/C26H30N2O4/c1-17-6-11-22(25-21(29)14-18(2)24(17)25)32-16-23(30)27-15-19-7-9-20(10-8-19)26(31)28-12-4-3-5-13-28/h6-11,18H,3-5,12-16H2,1-2H3,(H,27,30)/t18-/m1/s1. The van der Waals surface area contributed by atoms with Gasteiger partial charge in [0.2, 0.25) is 0 Å². The van der Waals surface area contributed by atoms with Crippen LogP contribution in [0.1, 0.15) is 75.9 Å². The first-order valence-corrected chi connectivity index (χ1v) is 11.4. The third kappa shape index (κ3) is 4.69. The van der Waals surface area contributed by atoms with Crippen molar-refractivity contribution in [2.24, 2.45) is 0 Å². The number of likely N-dealkylation sites (tertiary alicyclic amines) is 1. The summed E-state index contributed by atoms with van der Waals surface area (Å²) < 4.78 is 5.71. The first-order chi connectivity index (χ1) is 15.4. The van der Waals surface area contributed by atoms with Gasteiger partial charge in [-0.3, -0.25) is 14.4 Å². The van der Waals surface area contributed by atoms with Crippen LogP contribution in [-0.4, -0.2) is 42.2 Å². The third-order valence-electron chi connectivity index (χ3n) is 6.38. The minimum atomic E-state index is -0.258. The molecule has 1 fully saturated rings. The molecule has 32 heavy (non-hydrogen) atoms. The molecule has 1 saturated heterocycles. The minimum absolute atomic E-state index is 0.0724. The van der Waals surface area contributed by atoms with Gasteiger partial charge >= 0.3 is 0 Å². The summed E-state index contributed by atoms with van der Waals surface area (Å²) in [5.41, 5.74) is 4.33. The van der Waals surface area contributed by atoms with Gasteiger partial charge in [-0.1, -0.05) is 25.1 Å². The summed E-state index contributed by atoms with van der Waals surface area (Å²) in [5, 5.41) is 2.84. The van der Waals surface area contributed by atoms with Gasteiger partial charge in [-0.05, 0) is 67.0 Å². The van der Waals surface area contributed by atoms with Crippen LogP contribution in [0.15, 0.2) is 36.4 Å². The normalized spacial score (nSPS) is 17.8. The Morgan fingerprint density at radius 3 is 2.50 bits per heavy atom. The van der Waals surface area contributed by atoms with Crippen LogP contribution < -0.4 is 10.1 Å². The smallest absolute Gasteiger partial charge is 0.258 e. The van der Waals surface area contributed by atoms with Crippen molar-refractivity contribution in [1.82, 2.24) is 10.2 Å². The lowest BCUT2D eigenvalue weighted by molar-refractivity contribution is -0.123. The third-order valence-corrected chi connectivity index (χ3v) is 6.38. The molecule has 168 valence electrons. The quantitative estimate of drug-likeness (QED) is 0.746. The van der Waals surface area contributed by atoms with Crippen molar-refractivity contribution in [2.75, 3.05) is 19.7 Å². The van der Waals surface area contributed by atoms with Gasteiger partial charge in [-0.25, -0.2) is 0 Å². The van der Waals surface area contributed by atoms with E-state index in [-0.39, 0.29) is 30.1 Å². The van der Waals surface area contributed by atoms with Crippen LogP contribution in [0.5, 0.6) is 5.75 Å². The highest BCUT2D eigenvalue weighted by molar-refractivity contribution is 6.04. The number of hydrogen-bond acceptors (Lipinski definition) is 4. The number of piperidine rings is 1. The number of amides is 2. The molecule has 4 rings (SSSR count). The number of carbonyl (C=O) groups excluding carboxylic acids is 3. The summed E-state index contributed by atoms with van der Waals surface area (Å²) in [5.74, 6) is 0.551. The lowest BCUT2D eigenvalue weighted by atomic mass is 9.97. The number of rotatable bonds is 6. The molecule has 2 aliphatic rings. The molecule has 0 saturated carbocycles. The lowest BCUT2D eigenvalue weighted by Gasteiger charge is -2.26. The number of carbonyl (C=O) groups is 3. The van der Waals surface area contributed by atoms with E-state index in [4.69, 9.17) is 4.74 Å². The summed E-state index contributed by atoms with van der Waals surface area (Å²) >= 11 is 0. The summed E-state index contributed by atoms with van der Waals surface area (Å²) in [4.78, 5) is 39.1. The van der Waals surface area contributed by atoms with E-state index >= 15 is 0 Å². The van der Waals surface area contributed by atoms with Crippen molar-refractivity contribution < 1.29 is 19.1 Å². The Hall–Kier alpha value is -3.15. The monoisotopic (exact) mass is 434 g/mol. The number of nitrogens with one attached hydrogen (secondary N) is 1. The van der Waals surface area contributed by atoms with Crippen LogP contribution in [0.4, 0.5) is 0 Å². The topological polar surface area (TPSA) is 75.7 Å². The number of aryl methyl sites for hydroxylation is 1. The fourth-order valence-corrected chi connectivity index (χ4v) is 4.67. The first-order valence-electron chi connectivity index (χ1n) is 11.4. The first kappa shape index (κ1) is 22.1. The molecule has 1 aliphatic carbocycles. The fraction of sp³-hybridized carbons (Fsp3) is 0.423. The Labute approximate surface area is 188 Å². The van der Waals surface area contributed by atoms with Crippen LogP contribution in [0.2, 0.25) is 0 Å². The highest BCUT2D eigenvalue weighted by Crippen LogP contribution is 2.40. The predicted molar refractivity (Wildman–Crippen MR) is 122 cm³/mol. The Morgan fingerprint density at radius 2 is 1.78 bits per heavy atom. The van der Waals surface area contributed by atoms with Gasteiger partial charge in [0.05, 0.1) is 5.56 Å². The number of Topliss-reactive ketones (excluding diaryl/α,β-unsaturated/α-hetero) is 1. The zero-order valence-corrected chi connectivity index (χ0v) is 18.8. The second-order valence-corrected chi connectivity index (χ2v) is 8.81. The Balaban J connectivity index is 1.30. The summed E-state index contributed by atoms with van der Waals surface area (Å²) in [7, 11) is 0. The average Bonchev–Trinajstić information content (AvgIpc) is 3.12. The number of ether oxygens (including phenoxy) is 1. The number of ketones is 1. The molecular formula is C26H30N2O4. The zero-order valence-electron chi connectivity index (χ0n) is 18.8. The van der Waals surface area contributed by atoms with Gasteiger partial charge in [-0.2, -0.15) is 0 Å². The van der Waals surface area contributed by atoms with Gasteiger partial charge < -0.3 is 15.0 Å². The van der Waals surface area contributed by atoms with Crippen LogP contribution in [0.25, 0.3) is 0 Å². The van der Waals surface area contributed by atoms with Crippen molar-refractivity contribution in [3.8, 4) is 5.75 Å². The molecule has 0 bridgehead atoms. The van der Waals surface area contributed by atoms with Crippen molar-refractivity contribution in [1.29, 1.82) is 0 Å². The maximum atomic E-state index is 12.6. The molecule has 0 radical (unpaired) electrons. The van der Waals surface area contributed by atoms with Crippen molar-refractivity contribution in [2.45, 2.75) is 52.0 Å². The van der Waals surface area contributed by atoms with Gasteiger partial charge in [-0.15, -0.1) is 0 Å². The largest absolute Gasteiger partial charge is 0.483 e. The van der Waals surface area contributed by atoms with E-state index in [1.807, 2.05) is 49.1 Å². The maximum Gasteiger partial charge on any atom is 0.258 e. The van der Waals surface area contributed by atoms with E-state index in [2.05, 4.69) is 5.32 Å². The molecule has 0 aromatic heterocycles. The zero-order chi connectivity index (χ0) is 22.7. The van der Waals surface area contributed by atoms with Crippen LogP contribution in [-0.2, 0) is 11.3 Å². The molecule has 6 heteroatoms. The molecule has 1 N–H and O–H groups in total. The highest BCUT2D eigenvalue weighted by Gasteiger charge is 2.31. The van der Waals surface area contributed by atoms with E-state index in [1.165, 1.54) is 6.42 Å². The van der Waals surface area contributed by atoms with E-state index in [1.54, 1.807) is 6.07 Å². The average molecular weight is 435 g/mol. The van der Waals surface area contributed by atoms with Gasteiger partial charge in [0.25, 0.3) is 11.8 Å². The number of nitrogens with zero attached hydrogens (tertiary/aromatic N) is 1. The van der Waals surface area contributed by atoms with Gasteiger partial charge in [0.1, 0.15) is 5.75 Å². The van der Waals surface area contributed by atoms with E-state index in [9.17, 15) is 14.4 Å². The van der Waals surface area contributed by atoms with E-state index in [0.29, 0.717) is 29.8 Å². The molecule has 1 aliphatic heterocycles. The van der Waals surface area contributed by atoms with E-state index in [0.717, 1.165) is 42.6 Å². The summed E-state index contributed by atoms with van der Waals surface area (Å²) in [6.07, 6.45) is 3.81. The summed E-state index contributed by atoms with van der Waals surface area (Å²) in [6.45, 7) is 5.89. The van der Waals surface area contributed by atoms with Crippen LogP contribution in [0, 0.1) is 6.92 Å². The Bertz CT molecular complexity index is 1020. The Kier molecular flexibility index (Phi) is 6.58. The van der Waals surface area contributed by atoms with Crippen molar-refractivity contribution in [3.05, 3.63) is 64.2 Å². The van der Waals surface area contributed by atoms with Gasteiger partial charge in [0.15, 0.2) is 12.4 Å². The SMILES string of the molecule is Cc1ccc(OCC(=O)NCc2ccc(C(=O)N3CCCCC3)cc2)c2c1[C@H](C)CC2=O. The highest BCUT2D eigenvalue weighted by atomic mass is 16.5. The molecule has 0 unspecified atom stereocenters. The minimum Gasteiger partial charge on any atom is -0.483 e. The molecule has 2 amide bonds. The molecule has 2 aromatic rings. The molecule has 1 heterocycles. The van der Waals surface area contributed by atoms with Crippen LogP contribution in [0.3, 0.4) is 0 Å². The van der Waals surface area contributed by atoms with E-state index < -0.39 is 0 Å². The number of benzene rings is 2. The molecule has 1 atom stereocenters. The van der Waals surface area contributed by atoms with Gasteiger partial charge in [0, 0.05) is 31.6 Å². The molecule has 6 nitrogen and oxygen atoms in total. The van der Waals surface area contributed by atoms with Crippen molar-refractivity contribution in [3.63, 3.8) is 0 Å². The molecule has 2 aromatic carbocycles. The fourth-order valence-electron chi connectivity index (χ4n) is 4.67. The number of fused-ring (bicyclic) bond motifs is 1.